The number of nitrogens with one attached hydrogen (secondary N) is 1. The van der Waals surface area contributed by atoms with Gasteiger partial charge in [-0.15, -0.1) is 0 Å². The Bertz CT molecular complexity index is 352. The van der Waals surface area contributed by atoms with Crippen molar-refractivity contribution in [3.8, 4) is 0 Å². The molecule has 7 heteroatoms. The van der Waals surface area contributed by atoms with Crippen molar-refractivity contribution in [3.05, 3.63) is 0 Å². The predicted molar refractivity (Wildman–Crippen MR) is 79.3 cm³/mol. The van der Waals surface area contributed by atoms with E-state index in [1.54, 1.807) is 12.0 Å². The second-order valence-corrected chi connectivity index (χ2v) is 6.22. The van der Waals surface area contributed by atoms with Crippen LogP contribution in [0, 0.1) is 5.41 Å². The van der Waals surface area contributed by atoms with Crippen molar-refractivity contribution in [1.29, 1.82) is 0 Å². The van der Waals surface area contributed by atoms with E-state index in [1.807, 2.05) is 4.90 Å². The van der Waals surface area contributed by atoms with Crippen LogP contribution < -0.4 is 5.32 Å². The van der Waals surface area contributed by atoms with Crippen molar-refractivity contribution < 1.29 is 19.4 Å². The summed E-state index contributed by atoms with van der Waals surface area (Å²) in [6.07, 6.45) is 0.885. The van der Waals surface area contributed by atoms with Gasteiger partial charge in [0.1, 0.15) is 0 Å². The molecule has 2 N–H and O–H groups in total. The van der Waals surface area contributed by atoms with Crippen LogP contribution in [0.25, 0.3) is 0 Å². The van der Waals surface area contributed by atoms with Crippen LogP contribution in [0.2, 0.25) is 0 Å². The molecule has 1 heterocycles. The third-order valence-corrected chi connectivity index (χ3v) is 3.72. The number of rotatable bonds is 7. The molecule has 0 atom stereocenters. The molecule has 122 valence electrons. The molecule has 1 aliphatic rings. The molecule has 0 bridgehead atoms. The van der Waals surface area contributed by atoms with Crippen LogP contribution in [-0.4, -0.2) is 79.9 Å². The van der Waals surface area contributed by atoms with E-state index in [-0.39, 0.29) is 18.0 Å². The van der Waals surface area contributed by atoms with E-state index in [2.05, 4.69) is 19.2 Å². The van der Waals surface area contributed by atoms with E-state index in [0.29, 0.717) is 39.3 Å². The summed E-state index contributed by atoms with van der Waals surface area (Å²) in [4.78, 5) is 26.3. The van der Waals surface area contributed by atoms with Crippen LogP contribution in [0.4, 0.5) is 4.79 Å². The van der Waals surface area contributed by atoms with E-state index in [9.17, 15) is 9.59 Å². The number of hydrogen-bond donors (Lipinski definition) is 2. The first kappa shape index (κ1) is 17.7. The monoisotopic (exact) mass is 301 g/mol. The molecule has 1 fully saturated rings. The quantitative estimate of drug-likeness (QED) is 0.714. The molecule has 1 saturated heterocycles. The van der Waals surface area contributed by atoms with Gasteiger partial charge in [-0.05, 0) is 11.8 Å². The maximum absolute atomic E-state index is 12.1. The van der Waals surface area contributed by atoms with E-state index >= 15 is 0 Å². The first-order valence-corrected chi connectivity index (χ1v) is 7.30. The minimum atomic E-state index is -0.826. The van der Waals surface area contributed by atoms with Crippen LogP contribution >= 0.6 is 0 Å². The minimum Gasteiger partial charge on any atom is -0.480 e. The summed E-state index contributed by atoms with van der Waals surface area (Å²) in [5.74, 6) is -0.826. The Labute approximate surface area is 126 Å². The molecule has 0 unspecified atom stereocenters. The highest BCUT2D eigenvalue weighted by Gasteiger charge is 2.24. The Morgan fingerprint density at radius 1 is 1.24 bits per heavy atom. The summed E-state index contributed by atoms with van der Waals surface area (Å²) in [7, 11) is 1.67. The zero-order valence-corrected chi connectivity index (χ0v) is 13.2. The molecule has 1 aliphatic heterocycles. The van der Waals surface area contributed by atoms with Crippen molar-refractivity contribution >= 4 is 12.0 Å². The third kappa shape index (κ3) is 6.77. The molecule has 0 aromatic heterocycles. The van der Waals surface area contributed by atoms with Gasteiger partial charge in [-0.1, -0.05) is 13.8 Å². The maximum atomic E-state index is 12.1. The molecule has 0 aromatic rings. The molecular formula is C14H27N3O4. The van der Waals surface area contributed by atoms with E-state index in [4.69, 9.17) is 9.84 Å². The molecule has 7 nitrogen and oxygen atoms in total. The number of carboxylic acid groups (broad SMARTS) is 1. The number of nitrogens with zero attached hydrogens (tertiary/aromatic N) is 2. The summed E-state index contributed by atoms with van der Waals surface area (Å²) in [5.41, 5.74) is -0.00317. The summed E-state index contributed by atoms with van der Waals surface area (Å²) < 4.78 is 5.07. The smallest absolute Gasteiger partial charge is 0.317 e. The van der Waals surface area contributed by atoms with Gasteiger partial charge in [0.05, 0.1) is 6.54 Å². The lowest BCUT2D eigenvalue weighted by Crippen LogP contribution is -2.53. The SMILES string of the molecule is COCCC(C)(C)CNC(=O)N1CCN(CC(=O)O)CC1. The van der Waals surface area contributed by atoms with Gasteiger partial charge in [0.15, 0.2) is 0 Å². The molecule has 0 saturated carbocycles. The number of carboxylic acids is 1. The van der Waals surface area contributed by atoms with Crippen molar-refractivity contribution in [2.24, 2.45) is 5.41 Å². The second kappa shape index (κ2) is 8.19. The Hall–Kier alpha value is -1.34. The van der Waals surface area contributed by atoms with Crippen LogP contribution in [0.15, 0.2) is 0 Å². The molecule has 2 amide bonds. The number of piperazine rings is 1. The highest BCUT2D eigenvalue weighted by molar-refractivity contribution is 5.74. The molecule has 0 spiro atoms. The standard InChI is InChI=1S/C14H27N3O4/c1-14(2,4-9-21-3)11-15-13(20)17-7-5-16(6-8-17)10-12(18)19/h4-11H2,1-3H3,(H,15,20)(H,18,19). The lowest BCUT2D eigenvalue weighted by molar-refractivity contribution is -0.138. The lowest BCUT2D eigenvalue weighted by Gasteiger charge is -2.34. The highest BCUT2D eigenvalue weighted by atomic mass is 16.5. The Morgan fingerprint density at radius 3 is 2.38 bits per heavy atom. The first-order valence-electron chi connectivity index (χ1n) is 7.30. The lowest BCUT2D eigenvalue weighted by atomic mass is 9.90. The second-order valence-electron chi connectivity index (χ2n) is 6.22. The van der Waals surface area contributed by atoms with Gasteiger partial charge in [-0.3, -0.25) is 9.69 Å². The highest BCUT2D eigenvalue weighted by Crippen LogP contribution is 2.18. The Kier molecular flexibility index (Phi) is 6.91. The molecule has 0 radical (unpaired) electrons. The zero-order valence-electron chi connectivity index (χ0n) is 13.2. The number of methoxy groups -OCH3 is 1. The third-order valence-electron chi connectivity index (χ3n) is 3.72. The average Bonchev–Trinajstić information content (AvgIpc) is 2.43. The van der Waals surface area contributed by atoms with Crippen molar-refractivity contribution in [2.45, 2.75) is 20.3 Å². The molecule has 0 aliphatic carbocycles. The fraction of sp³-hybridized carbons (Fsp3) is 0.857. The van der Waals surface area contributed by atoms with E-state index in [0.717, 1.165) is 6.42 Å². The summed E-state index contributed by atoms with van der Waals surface area (Å²) in [6.45, 7) is 7.85. The fourth-order valence-electron chi connectivity index (χ4n) is 2.19. The van der Waals surface area contributed by atoms with Crippen LogP contribution in [0.3, 0.4) is 0 Å². The number of amides is 2. The van der Waals surface area contributed by atoms with Gasteiger partial charge in [-0.2, -0.15) is 0 Å². The predicted octanol–water partition coefficient (Wildman–Crippen LogP) is 0.461. The van der Waals surface area contributed by atoms with E-state index < -0.39 is 5.97 Å². The van der Waals surface area contributed by atoms with E-state index in [1.165, 1.54) is 0 Å². The Morgan fingerprint density at radius 2 is 1.86 bits per heavy atom. The Balaban J connectivity index is 2.29. The maximum Gasteiger partial charge on any atom is 0.317 e. The van der Waals surface area contributed by atoms with Gasteiger partial charge in [0.2, 0.25) is 0 Å². The number of aliphatic carboxylic acids is 1. The van der Waals surface area contributed by atoms with Crippen molar-refractivity contribution in [3.63, 3.8) is 0 Å². The van der Waals surface area contributed by atoms with Gasteiger partial charge >= 0.3 is 12.0 Å². The summed E-state index contributed by atoms with van der Waals surface area (Å²) in [6, 6.07) is -0.0736. The van der Waals surface area contributed by atoms with Crippen molar-refractivity contribution in [2.75, 3.05) is 53.0 Å². The van der Waals surface area contributed by atoms with Crippen LogP contribution in [0.1, 0.15) is 20.3 Å². The topological polar surface area (TPSA) is 82.1 Å². The van der Waals surface area contributed by atoms with Gasteiger partial charge < -0.3 is 20.1 Å². The van der Waals surface area contributed by atoms with Gasteiger partial charge in [0, 0.05) is 46.4 Å². The number of carbonyl (C=O) groups excluding carboxylic acids is 1. The van der Waals surface area contributed by atoms with Crippen LogP contribution in [-0.2, 0) is 9.53 Å². The molecule has 21 heavy (non-hydrogen) atoms. The summed E-state index contributed by atoms with van der Waals surface area (Å²) >= 11 is 0. The first-order chi connectivity index (χ1) is 9.84. The van der Waals surface area contributed by atoms with Gasteiger partial charge in [0.25, 0.3) is 0 Å². The number of urea groups is 1. The molecule has 0 aromatic carbocycles. The minimum absolute atomic E-state index is 0.00317. The summed E-state index contributed by atoms with van der Waals surface area (Å²) in [5, 5.41) is 11.7. The fourth-order valence-corrected chi connectivity index (χ4v) is 2.19. The average molecular weight is 301 g/mol. The van der Waals surface area contributed by atoms with Gasteiger partial charge in [-0.25, -0.2) is 4.79 Å². The number of hydrogen-bond acceptors (Lipinski definition) is 4. The molecular weight excluding hydrogens is 274 g/mol. The zero-order chi connectivity index (χ0) is 15.9. The van der Waals surface area contributed by atoms with Crippen LogP contribution in [0.5, 0.6) is 0 Å². The van der Waals surface area contributed by atoms with Crippen molar-refractivity contribution in [1.82, 2.24) is 15.1 Å². The number of ether oxygens (including phenoxy) is 1. The normalized spacial score (nSPS) is 16.8. The largest absolute Gasteiger partial charge is 0.480 e. The number of carbonyl (C=O) groups is 2. The molecule has 1 rings (SSSR count).